The molecule has 1 unspecified atom stereocenters. The van der Waals surface area contributed by atoms with Crippen LogP contribution >= 0.6 is 21.0 Å². The van der Waals surface area contributed by atoms with E-state index in [1.165, 1.54) is 6.33 Å². The van der Waals surface area contributed by atoms with Gasteiger partial charge in [-0.2, -0.15) is 0 Å². The summed E-state index contributed by atoms with van der Waals surface area (Å²) in [4.78, 5) is 7.69. The van der Waals surface area contributed by atoms with Gasteiger partial charge in [-0.15, -0.1) is 0 Å². The van der Waals surface area contributed by atoms with Crippen LogP contribution in [0, 0.1) is 5.41 Å². The third-order valence-corrected chi connectivity index (χ3v) is 2.01. The first-order valence-corrected chi connectivity index (χ1v) is 4.85. The van der Waals surface area contributed by atoms with Crippen molar-refractivity contribution in [3.05, 3.63) is 17.0 Å². The highest BCUT2D eigenvalue weighted by Crippen LogP contribution is 2.21. The van der Waals surface area contributed by atoms with Crippen LogP contribution in [0.3, 0.4) is 0 Å². The van der Waals surface area contributed by atoms with Crippen LogP contribution in [-0.4, -0.2) is 22.5 Å². The minimum absolute atomic E-state index is 0.0388. The predicted octanol–water partition coefficient (Wildman–Crippen LogP) is 1.69. The smallest absolute Gasteiger partial charge is 0.220 e. The first kappa shape index (κ1) is 11.1. The Bertz CT molecular complexity index is 346. The Hall–Kier alpha value is -0.930. The molecule has 0 aromatic carbocycles. The maximum atomic E-state index is 7.58. The van der Waals surface area contributed by atoms with Crippen molar-refractivity contribution in [2.75, 3.05) is 11.7 Å². The fraction of sp³-hybridized carbons (Fsp3) is 0.286. The summed E-state index contributed by atoms with van der Waals surface area (Å²) in [5.41, 5.74) is 0.367. The number of anilines is 1. The molecule has 0 aliphatic carbocycles. The van der Waals surface area contributed by atoms with E-state index >= 15 is 0 Å². The zero-order valence-electron chi connectivity index (χ0n) is 7.54. The van der Waals surface area contributed by atoms with Crippen LogP contribution in [0.1, 0.15) is 12.5 Å². The van der Waals surface area contributed by atoms with E-state index in [2.05, 4.69) is 24.4 Å². The summed E-state index contributed by atoms with van der Waals surface area (Å²) in [6.07, 6.45) is 1.32. The number of ether oxygens (including phenoxy) is 1. The minimum Gasteiger partial charge on any atom is -0.478 e. The number of hydrogen-bond acceptors (Lipinski definition) is 5. The van der Waals surface area contributed by atoms with Gasteiger partial charge in [-0.05, 0) is 16.3 Å². The number of hydrogen-bond donors (Lipinski definition) is 2. The second-order valence-electron chi connectivity index (χ2n) is 2.29. The molecule has 5 nitrogen and oxygen atoms in total. The van der Waals surface area contributed by atoms with Crippen LogP contribution in [0.25, 0.3) is 0 Å². The molecule has 2 N–H and O–H groups in total. The number of rotatable bonds is 3. The lowest BCUT2D eigenvalue weighted by Crippen LogP contribution is -2.09. The van der Waals surface area contributed by atoms with Crippen molar-refractivity contribution in [3.8, 4) is 0 Å². The van der Waals surface area contributed by atoms with Crippen molar-refractivity contribution in [1.29, 1.82) is 5.41 Å². The van der Waals surface area contributed by atoms with E-state index in [0.717, 1.165) is 0 Å². The summed E-state index contributed by atoms with van der Waals surface area (Å²) < 4.78 is 5.02. The molecular weight excluding hydrogens is 223 g/mol. The Morgan fingerprint density at radius 2 is 2.43 bits per heavy atom. The summed E-state index contributed by atoms with van der Waals surface area (Å²) in [5.74, 6) is 0.413. The molecule has 0 saturated carbocycles. The van der Waals surface area contributed by atoms with Crippen molar-refractivity contribution in [2.24, 2.45) is 0 Å². The van der Waals surface area contributed by atoms with Crippen LogP contribution in [0.5, 0.6) is 0 Å². The minimum atomic E-state index is -0.0388. The summed E-state index contributed by atoms with van der Waals surface area (Å²) in [5, 5.41) is 10.5. The van der Waals surface area contributed by atoms with Gasteiger partial charge in [-0.3, -0.25) is 5.41 Å². The molecule has 0 radical (unpaired) electrons. The van der Waals surface area contributed by atoms with Crippen LogP contribution < -0.4 is 5.09 Å². The summed E-state index contributed by atoms with van der Waals surface area (Å²) >= 11 is 5.82. The van der Waals surface area contributed by atoms with Gasteiger partial charge in [0.05, 0.1) is 6.61 Å². The fourth-order valence-electron chi connectivity index (χ4n) is 0.891. The Morgan fingerprint density at radius 1 is 1.71 bits per heavy atom. The highest BCUT2D eigenvalue weighted by Gasteiger charge is 2.14. The molecule has 0 amide bonds. The first-order chi connectivity index (χ1) is 6.70. The number of nitrogens with one attached hydrogen (secondary N) is 2. The molecule has 76 valence electrons. The van der Waals surface area contributed by atoms with Gasteiger partial charge in [0, 0.05) is 0 Å². The SMILES string of the molecule is CCOC(=N)c1c(Cl)ncnc1NP. The standard InChI is InChI=1S/C7H10ClN4OP/c1-2-13-6(9)4-5(8)10-3-11-7(4)12-14/h3,9H,2,14H2,1H3,(H,10,11,12). The molecule has 7 heteroatoms. The lowest BCUT2D eigenvalue weighted by atomic mass is 10.3. The van der Waals surface area contributed by atoms with Gasteiger partial charge in [0.15, 0.2) is 0 Å². The van der Waals surface area contributed by atoms with Crippen LogP contribution in [0.2, 0.25) is 5.15 Å². The second-order valence-corrected chi connectivity index (χ2v) is 2.94. The zero-order valence-corrected chi connectivity index (χ0v) is 9.45. The molecule has 1 rings (SSSR count). The van der Waals surface area contributed by atoms with Gasteiger partial charge < -0.3 is 9.82 Å². The normalized spacial score (nSPS) is 9.64. The number of nitrogens with zero attached hydrogens (tertiary/aromatic N) is 2. The summed E-state index contributed by atoms with van der Waals surface area (Å²) in [7, 11) is 2.28. The van der Waals surface area contributed by atoms with Crippen molar-refractivity contribution in [1.82, 2.24) is 9.97 Å². The molecule has 0 fully saturated rings. The van der Waals surface area contributed by atoms with Gasteiger partial charge >= 0.3 is 0 Å². The average Bonchev–Trinajstić information content (AvgIpc) is 2.17. The predicted molar refractivity (Wildman–Crippen MR) is 58.8 cm³/mol. The van der Waals surface area contributed by atoms with E-state index in [1.54, 1.807) is 6.92 Å². The third kappa shape index (κ3) is 2.30. The fourth-order valence-corrected chi connectivity index (χ4v) is 1.33. The molecule has 0 saturated heterocycles. The molecular formula is C7H10ClN4OP. The van der Waals surface area contributed by atoms with Gasteiger partial charge in [0.1, 0.15) is 22.9 Å². The van der Waals surface area contributed by atoms with E-state index in [-0.39, 0.29) is 11.1 Å². The molecule has 14 heavy (non-hydrogen) atoms. The molecule has 0 aliphatic rings. The van der Waals surface area contributed by atoms with Crippen molar-refractivity contribution < 1.29 is 4.74 Å². The molecule has 1 aromatic rings. The Morgan fingerprint density at radius 3 is 3.00 bits per heavy atom. The van der Waals surface area contributed by atoms with Crippen molar-refractivity contribution in [2.45, 2.75) is 6.92 Å². The first-order valence-electron chi connectivity index (χ1n) is 3.89. The second kappa shape index (κ2) is 5.08. The van der Waals surface area contributed by atoms with Gasteiger partial charge in [0.2, 0.25) is 5.90 Å². The monoisotopic (exact) mass is 232 g/mol. The van der Waals surface area contributed by atoms with Gasteiger partial charge in [-0.1, -0.05) is 11.6 Å². The van der Waals surface area contributed by atoms with Crippen LogP contribution in [0.4, 0.5) is 5.82 Å². The summed E-state index contributed by atoms with van der Waals surface area (Å²) in [6.45, 7) is 2.19. The largest absolute Gasteiger partial charge is 0.478 e. The van der Waals surface area contributed by atoms with Crippen LogP contribution in [-0.2, 0) is 4.74 Å². The molecule has 0 aliphatic heterocycles. The summed E-state index contributed by atoms with van der Waals surface area (Å²) in [6, 6.07) is 0. The van der Waals surface area contributed by atoms with E-state index in [4.69, 9.17) is 21.7 Å². The molecule has 1 atom stereocenters. The van der Waals surface area contributed by atoms with E-state index in [9.17, 15) is 0 Å². The number of aromatic nitrogens is 2. The topological polar surface area (TPSA) is 70.9 Å². The quantitative estimate of drug-likeness (QED) is 0.360. The third-order valence-electron chi connectivity index (χ3n) is 1.45. The molecule has 0 bridgehead atoms. The van der Waals surface area contributed by atoms with E-state index < -0.39 is 0 Å². The van der Waals surface area contributed by atoms with Crippen molar-refractivity contribution >= 4 is 32.7 Å². The Balaban J connectivity index is 3.10. The van der Waals surface area contributed by atoms with Crippen molar-refractivity contribution in [3.63, 3.8) is 0 Å². The van der Waals surface area contributed by atoms with Gasteiger partial charge in [-0.25, -0.2) is 9.97 Å². The number of halogens is 1. The van der Waals surface area contributed by atoms with E-state index in [1.807, 2.05) is 0 Å². The molecule has 1 heterocycles. The lowest BCUT2D eigenvalue weighted by Gasteiger charge is -2.09. The highest BCUT2D eigenvalue weighted by atomic mass is 35.5. The molecule has 0 spiro atoms. The average molecular weight is 233 g/mol. The molecule has 1 aromatic heterocycles. The van der Waals surface area contributed by atoms with Gasteiger partial charge in [0.25, 0.3) is 0 Å². The Labute approximate surface area is 89.0 Å². The highest BCUT2D eigenvalue weighted by molar-refractivity contribution is 7.18. The lowest BCUT2D eigenvalue weighted by molar-refractivity contribution is 0.325. The van der Waals surface area contributed by atoms with E-state index in [0.29, 0.717) is 18.0 Å². The Kier molecular flexibility index (Phi) is 4.04. The zero-order chi connectivity index (χ0) is 10.6. The maximum absolute atomic E-state index is 7.58. The van der Waals surface area contributed by atoms with Crippen LogP contribution in [0.15, 0.2) is 6.33 Å². The maximum Gasteiger partial charge on any atom is 0.220 e.